The van der Waals surface area contributed by atoms with Crippen molar-refractivity contribution in [3.63, 3.8) is 0 Å². The molecule has 0 rings (SSSR count). The minimum absolute atomic E-state index is 0. The summed E-state index contributed by atoms with van der Waals surface area (Å²) < 4.78 is 0. The molecular weight excluding hydrogens is 427 g/mol. The molecule has 0 atom stereocenters. The predicted octanol–water partition coefficient (Wildman–Crippen LogP) is 0.295. The molecule has 92 valence electrons. The van der Waals surface area contributed by atoms with Crippen molar-refractivity contribution in [1.82, 2.24) is 0 Å². The maximum Gasteiger partial charge on any atom is 0.134 e. The van der Waals surface area contributed by atoms with Gasteiger partial charge in [-0.1, -0.05) is 6.92 Å². The van der Waals surface area contributed by atoms with E-state index in [9.17, 15) is 24.0 Å². The van der Waals surface area contributed by atoms with Crippen molar-refractivity contribution in [3.05, 3.63) is 22.8 Å². The van der Waals surface area contributed by atoms with Gasteiger partial charge in [-0.2, -0.15) is 0 Å². The zero-order valence-corrected chi connectivity index (χ0v) is 13.1. The van der Waals surface area contributed by atoms with E-state index in [0.717, 1.165) is 0 Å². The van der Waals surface area contributed by atoms with Crippen molar-refractivity contribution in [3.8, 4) is 0 Å². The summed E-state index contributed by atoms with van der Waals surface area (Å²) in [6, 6.07) is 0. The van der Waals surface area contributed by atoms with Gasteiger partial charge < -0.3 is 0 Å². The molecule has 5 nitrogen and oxygen atoms in total. The molecule has 0 unspecified atom stereocenters. The maximum absolute atomic E-state index is 11.0. The van der Waals surface area contributed by atoms with Gasteiger partial charge in [-0.15, -0.1) is 0 Å². The largest absolute Gasteiger partial charge is 0.234 e. The van der Waals surface area contributed by atoms with E-state index in [0.29, 0.717) is 12.2 Å². The number of hydrogen-bond donors (Lipinski definition) is 0. The quantitative estimate of drug-likeness (QED) is 0.353. The molecule has 0 radical (unpaired) electrons. The van der Waals surface area contributed by atoms with E-state index in [2.05, 4.69) is 0 Å². The zero-order chi connectivity index (χ0) is 13.3. The molecule has 0 aliphatic heterocycles. The van der Waals surface area contributed by atoms with Crippen molar-refractivity contribution in [2.24, 2.45) is 0 Å². The van der Waals surface area contributed by atoms with Crippen LogP contribution in [0.3, 0.4) is 0 Å². The van der Waals surface area contributed by atoms with Crippen LogP contribution in [0.25, 0.3) is 0 Å². The fourth-order valence-corrected chi connectivity index (χ4v) is 3.30. The SMILES string of the molecule is CCP(=C=O)(C(=C=O)C=C=O)C(=C=O)C=C=O.[W]. The smallest absolute Gasteiger partial charge is 0.134 e. The normalized spacial score (nSPS) is 10.7. The Hall–Kier alpha value is -1.50. The summed E-state index contributed by atoms with van der Waals surface area (Å²) in [5, 5.41) is -0.648. The average Bonchev–Trinajstić information content (AvgIpc) is 2.37. The Bertz CT molecular complexity index is 545. The summed E-state index contributed by atoms with van der Waals surface area (Å²) in [5.41, 5.74) is 1.58. The molecule has 0 saturated carbocycles. The van der Waals surface area contributed by atoms with Crippen molar-refractivity contribution < 1.29 is 45.0 Å². The van der Waals surface area contributed by atoms with Crippen LogP contribution < -0.4 is 0 Å². The van der Waals surface area contributed by atoms with Crippen LogP contribution in [0.1, 0.15) is 6.92 Å². The van der Waals surface area contributed by atoms with Gasteiger partial charge >= 0.3 is 0 Å². The Kier molecular flexibility index (Phi) is 9.97. The molecule has 0 aromatic carbocycles. The monoisotopic (exact) mass is 434 g/mol. The van der Waals surface area contributed by atoms with E-state index < -0.39 is 6.89 Å². The first-order valence-corrected chi connectivity index (χ1v) is 6.34. The number of hydrogen-bond acceptors (Lipinski definition) is 5. The summed E-state index contributed by atoms with van der Waals surface area (Å²) in [6.45, 7) is -1.65. The van der Waals surface area contributed by atoms with Crippen molar-refractivity contribution in [2.45, 2.75) is 6.92 Å². The molecule has 0 heterocycles. The Morgan fingerprint density at radius 1 is 0.944 bits per heavy atom. The van der Waals surface area contributed by atoms with Gasteiger partial charge in [0.25, 0.3) is 0 Å². The third-order valence-corrected chi connectivity index (χ3v) is 5.40. The van der Waals surface area contributed by atoms with E-state index in [1.807, 2.05) is 0 Å². The fourth-order valence-electron chi connectivity index (χ4n) is 1.18. The van der Waals surface area contributed by atoms with Crippen molar-refractivity contribution in [1.29, 1.82) is 0 Å². The van der Waals surface area contributed by atoms with E-state index in [4.69, 9.17) is 0 Å². The number of rotatable bonds is 5. The summed E-state index contributed by atoms with van der Waals surface area (Å²) in [5.74, 6) is 5.47. The first kappa shape index (κ1) is 18.9. The summed E-state index contributed by atoms with van der Waals surface area (Å²) in [6.07, 6.45) is 1.47. The van der Waals surface area contributed by atoms with Crippen LogP contribution in [0, 0.1) is 0 Å². The van der Waals surface area contributed by atoms with Crippen LogP contribution in [-0.4, -0.2) is 35.6 Å². The molecule has 0 aliphatic carbocycles. The second-order valence-corrected chi connectivity index (χ2v) is 6.11. The molecule has 0 aliphatic rings. The van der Waals surface area contributed by atoms with E-state index in [1.165, 1.54) is 30.7 Å². The summed E-state index contributed by atoms with van der Waals surface area (Å²) in [7, 11) is 0. The van der Waals surface area contributed by atoms with Crippen LogP contribution in [0.15, 0.2) is 22.8 Å². The van der Waals surface area contributed by atoms with Gasteiger partial charge in [0.2, 0.25) is 0 Å². The van der Waals surface area contributed by atoms with Crippen LogP contribution in [-0.2, 0) is 45.0 Å². The molecule has 0 aromatic heterocycles. The maximum atomic E-state index is 11.0. The number of allylic oxidation sites excluding steroid dienone is 4. The van der Waals surface area contributed by atoms with E-state index in [-0.39, 0.29) is 37.9 Å². The Morgan fingerprint density at radius 2 is 1.33 bits per heavy atom. The molecule has 0 bridgehead atoms. The second kappa shape index (κ2) is 9.52. The third-order valence-electron chi connectivity index (χ3n) is 2.05. The molecule has 0 saturated heterocycles. The molecule has 0 aromatic rings. The molecule has 0 spiro atoms. The Labute approximate surface area is 117 Å². The minimum atomic E-state index is -3.17. The Balaban J connectivity index is 0. The average molecular weight is 434 g/mol. The summed E-state index contributed by atoms with van der Waals surface area (Å²) in [4.78, 5) is 52.9. The van der Waals surface area contributed by atoms with Gasteiger partial charge in [0.1, 0.15) is 29.4 Å². The van der Waals surface area contributed by atoms with Gasteiger partial charge in [-0.3, -0.25) is 0 Å². The van der Waals surface area contributed by atoms with E-state index in [1.54, 1.807) is 5.66 Å². The fraction of sp³-hybridized carbons (Fsp3) is 0.182. The molecule has 0 fully saturated rings. The minimum Gasteiger partial charge on any atom is -0.234 e. The number of carbonyl (C=O) groups excluding carboxylic acids is 5. The summed E-state index contributed by atoms with van der Waals surface area (Å²) >= 11 is 0. The predicted molar refractivity (Wildman–Crippen MR) is 62.1 cm³/mol. The third kappa shape index (κ3) is 3.76. The van der Waals surface area contributed by atoms with Gasteiger partial charge in [0.15, 0.2) is 0 Å². The topological polar surface area (TPSA) is 85.3 Å². The van der Waals surface area contributed by atoms with Crippen LogP contribution in [0.2, 0.25) is 0 Å². The van der Waals surface area contributed by atoms with Gasteiger partial charge in [0, 0.05) is 33.2 Å². The second-order valence-electron chi connectivity index (χ2n) is 2.72. The van der Waals surface area contributed by atoms with Crippen molar-refractivity contribution in [2.75, 3.05) is 6.16 Å². The molecule has 0 N–H and O–H groups in total. The van der Waals surface area contributed by atoms with Gasteiger partial charge in [-0.05, 0) is 6.16 Å². The standard InChI is InChI=1S/C11H7O5P.W/c1-2-17(9-16,10(7-14)3-5-12)11(8-15)4-6-13;/h3-4H,2H2,1H3;. The molecule has 7 heteroatoms. The zero-order valence-electron chi connectivity index (χ0n) is 9.26. The molecule has 0 amide bonds. The van der Waals surface area contributed by atoms with Gasteiger partial charge in [0.05, 0.1) is 17.5 Å². The first-order chi connectivity index (χ1) is 8.16. The molecule has 18 heavy (non-hydrogen) atoms. The first-order valence-electron chi connectivity index (χ1n) is 4.37. The van der Waals surface area contributed by atoms with Crippen molar-refractivity contribution >= 4 is 36.3 Å². The van der Waals surface area contributed by atoms with Crippen LogP contribution in [0.4, 0.5) is 0 Å². The van der Waals surface area contributed by atoms with E-state index >= 15 is 0 Å². The van der Waals surface area contributed by atoms with Crippen LogP contribution >= 0.6 is 6.89 Å². The molecular formula is C11H7O5PW. The Morgan fingerprint density at radius 3 is 1.50 bits per heavy atom. The van der Waals surface area contributed by atoms with Gasteiger partial charge in [-0.25, -0.2) is 24.0 Å². The van der Waals surface area contributed by atoms with Crippen LogP contribution in [0.5, 0.6) is 0 Å².